The lowest BCUT2D eigenvalue weighted by atomic mass is 10.1. The maximum atomic E-state index is 4.64. The van der Waals surface area contributed by atoms with Crippen molar-refractivity contribution in [3.8, 4) is 5.69 Å². The number of aryl methyl sites for hydroxylation is 2. The first kappa shape index (κ1) is 23.7. The van der Waals surface area contributed by atoms with E-state index in [1.165, 1.54) is 31.5 Å². The normalized spacial score (nSPS) is 15.8. The molecule has 1 saturated heterocycles. The molecule has 29 heavy (non-hydrogen) atoms. The highest BCUT2D eigenvalue weighted by atomic mass is 127. The Morgan fingerprint density at radius 1 is 1.17 bits per heavy atom. The van der Waals surface area contributed by atoms with Crippen molar-refractivity contribution in [2.75, 3.05) is 33.2 Å². The standard InChI is InChI=1S/C22H34N6.HI/c1-17(16-27-11-7-8-12-27)14-24-22(23-4)25-15-20-9-5-6-10-21(20)28-19(3)13-18(2)26-28;/h5-6,9-10,13,17H,7-8,11-12,14-16H2,1-4H3,(H2,23,24,25);1H. The lowest BCUT2D eigenvalue weighted by Gasteiger charge is -2.21. The molecule has 2 aromatic rings. The monoisotopic (exact) mass is 510 g/mol. The van der Waals surface area contributed by atoms with E-state index in [4.69, 9.17) is 0 Å². The summed E-state index contributed by atoms with van der Waals surface area (Å²) in [7, 11) is 1.83. The average Bonchev–Trinajstić information content (AvgIpc) is 3.31. The summed E-state index contributed by atoms with van der Waals surface area (Å²) >= 11 is 0. The first-order valence-corrected chi connectivity index (χ1v) is 10.3. The highest BCUT2D eigenvalue weighted by molar-refractivity contribution is 14.0. The molecule has 3 rings (SSSR count). The van der Waals surface area contributed by atoms with Crippen LogP contribution < -0.4 is 10.6 Å². The first-order chi connectivity index (χ1) is 13.6. The van der Waals surface area contributed by atoms with Crippen molar-refractivity contribution < 1.29 is 0 Å². The SMILES string of the molecule is CN=C(NCc1ccccc1-n1nc(C)cc1C)NCC(C)CN1CCCC1.I. The van der Waals surface area contributed by atoms with Crippen LogP contribution in [0, 0.1) is 19.8 Å². The van der Waals surface area contributed by atoms with Gasteiger partial charge in [-0.3, -0.25) is 4.99 Å². The summed E-state index contributed by atoms with van der Waals surface area (Å²) in [6.07, 6.45) is 2.69. The highest BCUT2D eigenvalue weighted by Crippen LogP contribution is 2.17. The van der Waals surface area contributed by atoms with Gasteiger partial charge in [0.25, 0.3) is 0 Å². The lowest BCUT2D eigenvalue weighted by Crippen LogP contribution is -2.41. The van der Waals surface area contributed by atoms with Gasteiger partial charge >= 0.3 is 0 Å². The number of hydrogen-bond acceptors (Lipinski definition) is 3. The molecule has 0 amide bonds. The molecule has 0 radical (unpaired) electrons. The van der Waals surface area contributed by atoms with Gasteiger partial charge in [0.2, 0.25) is 0 Å². The Hall–Kier alpha value is -1.61. The van der Waals surface area contributed by atoms with Gasteiger partial charge in [0.1, 0.15) is 0 Å². The summed E-state index contributed by atoms with van der Waals surface area (Å²) in [4.78, 5) is 6.95. The van der Waals surface area contributed by atoms with Crippen LogP contribution >= 0.6 is 24.0 Å². The molecule has 2 N–H and O–H groups in total. The molecule has 0 spiro atoms. The van der Waals surface area contributed by atoms with Crippen molar-refractivity contribution in [1.29, 1.82) is 0 Å². The van der Waals surface area contributed by atoms with E-state index in [0.717, 1.165) is 36.1 Å². The van der Waals surface area contributed by atoms with E-state index in [1.807, 2.05) is 18.7 Å². The van der Waals surface area contributed by atoms with Crippen molar-refractivity contribution in [3.63, 3.8) is 0 Å². The topological polar surface area (TPSA) is 57.5 Å². The van der Waals surface area contributed by atoms with Gasteiger partial charge in [-0.25, -0.2) is 4.68 Å². The van der Waals surface area contributed by atoms with Crippen LogP contribution in [-0.4, -0.2) is 53.9 Å². The Labute approximate surface area is 192 Å². The summed E-state index contributed by atoms with van der Waals surface area (Å²) < 4.78 is 2.01. The Kier molecular flexibility index (Phi) is 9.42. The minimum atomic E-state index is 0. The van der Waals surface area contributed by atoms with E-state index in [9.17, 15) is 0 Å². The molecule has 1 atom stereocenters. The number of nitrogens with one attached hydrogen (secondary N) is 2. The van der Waals surface area contributed by atoms with Crippen LogP contribution in [0.3, 0.4) is 0 Å². The molecule has 6 nitrogen and oxygen atoms in total. The molecule has 7 heteroatoms. The maximum Gasteiger partial charge on any atom is 0.191 e. The zero-order valence-electron chi connectivity index (χ0n) is 18.1. The van der Waals surface area contributed by atoms with Gasteiger partial charge in [-0.1, -0.05) is 25.1 Å². The molecule has 1 fully saturated rings. The maximum absolute atomic E-state index is 4.64. The molecule has 1 aromatic carbocycles. The number of nitrogens with zero attached hydrogens (tertiary/aromatic N) is 4. The lowest BCUT2D eigenvalue weighted by molar-refractivity contribution is 0.287. The van der Waals surface area contributed by atoms with Gasteiger partial charge in [-0.2, -0.15) is 5.10 Å². The van der Waals surface area contributed by atoms with Crippen molar-refractivity contribution >= 4 is 29.9 Å². The van der Waals surface area contributed by atoms with Crippen molar-refractivity contribution in [1.82, 2.24) is 25.3 Å². The van der Waals surface area contributed by atoms with E-state index in [-0.39, 0.29) is 24.0 Å². The summed E-state index contributed by atoms with van der Waals surface area (Å²) in [5.74, 6) is 1.44. The minimum Gasteiger partial charge on any atom is -0.356 e. The number of hydrogen-bond donors (Lipinski definition) is 2. The summed E-state index contributed by atoms with van der Waals surface area (Å²) in [6.45, 7) is 11.7. The predicted molar refractivity (Wildman–Crippen MR) is 131 cm³/mol. The first-order valence-electron chi connectivity index (χ1n) is 10.3. The van der Waals surface area contributed by atoms with Gasteiger partial charge in [-0.15, -0.1) is 24.0 Å². The van der Waals surface area contributed by atoms with Crippen molar-refractivity contribution in [2.45, 2.75) is 40.2 Å². The van der Waals surface area contributed by atoms with Crippen LogP contribution in [0.2, 0.25) is 0 Å². The molecule has 2 heterocycles. The fraction of sp³-hybridized carbons (Fsp3) is 0.545. The number of guanidine groups is 1. The molecule has 0 bridgehead atoms. The van der Waals surface area contributed by atoms with E-state index in [1.54, 1.807) is 0 Å². The summed E-state index contributed by atoms with van der Waals surface area (Å²) in [5.41, 5.74) is 4.48. The average molecular weight is 510 g/mol. The zero-order chi connectivity index (χ0) is 19.9. The van der Waals surface area contributed by atoms with Crippen LogP contribution in [0.5, 0.6) is 0 Å². The Balaban J connectivity index is 0.00000300. The minimum absolute atomic E-state index is 0. The zero-order valence-corrected chi connectivity index (χ0v) is 20.4. The highest BCUT2D eigenvalue weighted by Gasteiger charge is 2.15. The Morgan fingerprint density at radius 3 is 2.55 bits per heavy atom. The van der Waals surface area contributed by atoms with Crippen LogP contribution in [0.25, 0.3) is 5.69 Å². The molecule has 1 aromatic heterocycles. The number of halogens is 1. The number of aromatic nitrogens is 2. The second-order valence-corrected chi connectivity index (χ2v) is 7.89. The fourth-order valence-corrected chi connectivity index (χ4v) is 3.88. The predicted octanol–water partition coefficient (Wildman–Crippen LogP) is 3.50. The molecular formula is C22H35IN6. The van der Waals surface area contributed by atoms with E-state index in [0.29, 0.717) is 12.5 Å². The second kappa shape index (κ2) is 11.5. The number of rotatable bonds is 7. The quantitative estimate of drug-likeness (QED) is 0.340. The number of benzene rings is 1. The number of likely N-dealkylation sites (tertiary alicyclic amines) is 1. The molecular weight excluding hydrogens is 475 g/mol. The van der Waals surface area contributed by atoms with Gasteiger partial charge in [0.15, 0.2) is 5.96 Å². The van der Waals surface area contributed by atoms with Crippen LogP contribution in [0.4, 0.5) is 0 Å². The summed E-state index contributed by atoms with van der Waals surface area (Å²) in [6, 6.07) is 10.5. The largest absolute Gasteiger partial charge is 0.356 e. The van der Waals surface area contributed by atoms with E-state index >= 15 is 0 Å². The molecule has 160 valence electrons. The number of aliphatic imine (C=N–C) groups is 1. The van der Waals surface area contributed by atoms with Gasteiger partial charge < -0.3 is 15.5 Å². The van der Waals surface area contributed by atoms with E-state index < -0.39 is 0 Å². The third-order valence-electron chi connectivity index (χ3n) is 5.29. The van der Waals surface area contributed by atoms with Gasteiger partial charge in [0, 0.05) is 32.4 Å². The van der Waals surface area contributed by atoms with Crippen molar-refractivity contribution in [3.05, 3.63) is 47.3 Å². The Morgan fingerprint density at radius 2 is 1.90 bits per heavy atom. The van der Waals surface area contributed by atoms with Crippen LogP contribution in [0.15, 0.2) is 35.3 Å². The van der Waals surface area contributed by atoms with Gasteiger partial charge in [-0.05, 0) is 63.4 Å². The van der Waals surface area contributed by atoms with Crippen LogP contribution in [0.1, 0.15) is 36.7 Å². The smallest absolute Gasteiger partial charge is 0.191 e. The molecule has 1 aliphatic heterocycles. The molecule has 0 saturated carbocycles. The third kappa shape index (κ3) is 6.70. The van der Waals surface area contributed by atoms with Crippen LogP contribution in [-0.2, 0) is 6.54 Å². The molecule has 1 unspecified atom stereocenters. The second-order valence-electron chi connectivity index (χ2n) is 7.89. The Bertz CT molecular complexity index is 794. The number of para-hydroxylation sites is 1. The van der Waals surface area contributed by atoms with Gasteiger partial charge in [0.05, 0.1) is 11.4 Å². The molecule has 1 aliphatic rings. The van der Waals surface area contributed by atoms with Crippen molar-refractivity contribution in [2.24, 2.45) is 10.9 Å². The third-order valence-corrected chi connectivity index (χ3v) is 5.29. The molecule has 0 aliphatic carbocycles. The summed E-state index contributed by atoms with van der Waals surface area (Å²) in [5, 5.41) is 11.6. The van der Waals surface area contributed by atoms with E-state index in [2.05, 4.69) is 69.8 Å². The fourth-order valence-electron chi connectivity index (χ4n) is 3.88.